The number of fused-ring (bicyclic) bond motifs is 1. The molecule has 1 amide bonds. The van der Waals surface area contributed by atoms with E-state index in [-0.39, 0.29) is 5.91 Å². The number of anilines is 1. The summed E-state index contributed by atoms with van der Waals surface area (Å²) >= 11 is 0. The number of nitrogens with one attached hydrogen (secondary N) is 2. The maximum absolute atomic E-state index is 12.3. The van der Waals surface area contributed by atoms with Crippen molar-refractivity contribution in [2.24, 2.45) is 0 Å². The van der Waals surface area contributed by atoms with Crippen molar-refractivity contribution in [1.29, 1.82) is 0 Å². The quantitative estimate of drug-likeness (QED) is 0.720. The van der Waals surface area contributed by atoms with Gasteiger partial charge in [0, 0.05) is 35.9 Å². The van der Waals surface area contributed by atoms with Gasteiger partial charge in [-0.15, -0.1) is 0 Å². The lowest BCUT2D eigenvalue weighted by molar-refractivity contribution is 0.0752. The highest BCUT2D eigenvalue weighted by Gasteiger charge is 2.16. The van der Waals surface area contributed by atoms with E-state index in [0.717, 1.165) is 36.8 Å². The Kier molecular flexibility index (Phi) is 3.13. The van der Waals surface area contributed by atoms with E-state index in [1.807, 2.05) is 23.2 Å². The summed E-state index contributed by atoms with van der Waals surface area (Å²) in [6, 6.07) is 5.53. The Hall–Kier alpha value is -2.01. The number of hydrogen-bond acceptors (Lipinski definition) is 3. The lowest BCUT2D eigenvalue weighted by Gasteiger charge is -2.26. The maximum atomic E-state index is 12.3. The van der Waals surface area contributed by atoms with Gasteiger partial charge in [-0.05, 0) is 31.0 Å². The first kappa shape index (κ1) is 12.0. The van der Waals surface area contributed by atoms with Gasteiger partial charge in [0.2, 0.25) is 0 Å². The van der Waals surface area contributed by atoms with Crippen LogP contribution in [0.2, 0.25) is 0 Å². The van der Waals surface area contributed by atoms with Crippen LogP contribution in [-0.2, 0) is 0 Å². The minimum absolute atomic E-state index is 0.0575. The molecule has 1 saturated heterocycles. The zero-order valence-electron chi connectivity index (χ0n) is 10.8. The number of hydrogen-bond donors (Lipinski definition) is 3. The molecular formula is C14H18N4O. The Morgan fingerprint density at radius 2 is 2.05 bits per heavy atom. The molecule has 100 valence electrons. The molecule has 2 aromatic rings. The molecule has 1 aromatic carbocycles. The van der Waals surface area contributed by atoms with Crippen LogP contribution in [0.5, 0.6) is 0 Å². The summed E-state index contributed by atoms with van der Waals surface area (Å²) < 4.78 is 0. The van der Waals surface area contributed by atoms with Gasteiger partial charge in [-0.1, -0.05) is 6.42 Å². The molecule has 1 fully saturated rings. The zero-order chi connectivity index (χ0) is 13.2. The molecule has 0 bridgehead atoms. The van der Waals surface area contributed by atoms with Crippen LogP contribution in [0.1, 0.15) is 29.6 Å². The van der Waals surface area contributed by atoms with E-state index in [1.165, 1.54) is 6.42 Å². The number of nitrogens with two attached hydrogens (primary N) is 1. The topological polar surface area (TPSA) is 74.2 Å². The van der Waals surface area contributed by atoms with Gasteiger partial charge in [0.15, 0.2) is 0 Å². The summed E-state index contributed by atoms with van der Waals surface area (Å²) in [5, 5.41) is 2.91. The average molecular weight is 258 g/mol. The van der Waals surface area contributed by atoms with Crippen LogP contribution in [-0.4, -0.2) is 29.0 Å². The lowest BCUT2D eigenvalue weighted by atomic mass is 10.1. The van der Waals surface area contributed by atoms with Crippen LogP contribution in [0, 0.1) is 0 Å². The number of piperidine rings is 1. The fourth-order valence-corrected chi connectivity index (χ4v) is 2.54. The largest absolute Gasteiger partial charge is 0.399 e. The summed E-state index contributed by atoms with van der Waals surface area (Å²) in [6.07, 6.45) is 5.28. The molecule has 0 unspecified atom stereocenters. The first-order chi connectivity index (χ1) is 9.24. The van der Waals surface area contributed by atoms with Gasteiger partial charge in [-0.3, -0.25) is 10.2 Å². The standard InChI is InChI=1S/C14H18N4O/c15-10-4-5-11-12(9-16-13(11)8-10)14(19)17-18-6-2-1-3-7-18/h4-5,8-9,16H,1-3,6-7,15H2,(H,17,19). The molecule has 2 heterocycles. The van der Waals surface area contributed by atoms with Crippen LogP contribution < -0.4 is 11.2 Å². The second-order valence-corrected chi connectivity index (χ2v) is 5.00. The van der Waals surface area contributed by atoms with E-state index in [9.17, 15) is 4.79 Å². The number of carbonyl (C=O) groups excluding carboxylic acids is 1. The van der Waals surface area contributed by atoms with Gasteiger partial charge in [0.25, 0.3) is 5.91 Å². The zero-order valence-corrected chi connectivity index (χ0v) is 10.8. The Morgan fingerprint density at radius 1 is 1.26 bits per heavy atom. The molecule has 3 rings (SSSR count). The predicted octanol–water partition coefficient (Wildman–Crippen LogP) is 1.88. The first-order valence-corrected chi connectivity index (χ1v) is 6.66. The highest BCUT2D eigenvalue weighted by molar-refractivity contribution is 6.07. The van der Waals surface area contributed by atoms with Gasteiger partial charge >= 0.3 is 0 Å². The summed E-state index contributed by atoms with van der Waals surface area (Å²) in [5.41, 5.74) is 11.0. The number of nitrogens with zero attached hydrogens (tertiary/aromatic N) is 1. The van der Waals surface area contributed by atoms with Crippen molar-refractivity contribution in [3.8, 4) is 0 Å². The monoisotopic (exact) mass is 258 g/mol. The highest BCUT2D eigenvalue weighted by atomic mass is 16.2. The van der Waals surface area contributed by atoms with Gasteiger partial charge in [0.1, 0.15) is 0 Å². The second-order valence-electron chi connectivity index (χ2n) is 5.00. The third kappa shape index (κ3) is 2.42. The third-order valence-corrected chi connectivity index (χ3v) is 3.57. The smallest absolute Gasteiger partial charge is 0.267 e. The fraction of sp³-hybridized carbons (Fsp3) is 0.357. The third-order valence-electron chi connectivity index (χ3n) is 3.57. The van der Waals surface area contributed by atoms with E-state index in [2.05, 4.69) is 10.4 Å². The molecule has 0 saturated carbocycles. The van der Waals surface area contributed by atoms with Crippen molar-refractivity contribution in [3.05, 3.63) is 30.0 Å². The van der Waals surface area contributed by atoms with E-state index in [1.54, 1.807) is 6.20 Å². The molecule has 19 heavy (non-hydrogen) atoms. The number of nitrogen functional groups attached to an aromatic ring is 1. The van der Waals surface area contributed by atoms with Gasteiger partial charge in [-0.2, -0.15) is 0 Å². The van der Waals surface area contributed by atoms with Crippen LogP contribution in [0.4, 0.5) is 5.69 Å². The molecule has 1 aromatic heterocycles. The fourth-order valence-electron chi connectivity index (χ4n) is 2.54. The number of benzene rings is 1. The van der Waals surface area contributed by atoms with Crippen molar-refractivity contribution >= 4 is 22.5 Å². The van der Waals surface area contributed by atoms with Crippen molar-refractivity contribution < 1.29 is 4.79 Å². The number of carbonyl (C=O) groups is 1. The molecule has 5 nitrogen and oxygen atoms in total. The average Bonchev–Trinajstić information content (AvgIpc) is 2.82. The predicted molar refractivity (Wildman–Crippen MR) is 75.6 cm³/mol. The Balaban J connectivity index is 1.81. The van der Waals surface area contributed by atoms with Crippen molar-refractivity contribution in [3.63, 3.8) is 0 Å². The van der Waals surface area contributed by atoms with E-state index in [4.69, 9.17) is 5.73 Å². The normalized spacial score (nSPS) is 16.6. The Morgan fingerprint density at radius 3 is 2.84 bits per heavy atom. The molecule has 0 aliphatic carbocycles. The SMILES string of the molecule is Nc1ccc2c(C(=O)NN3CCCCC3)c[nH]c2c1. The first-order valence-electron chi connectivity index (χ1n) is 6.66. The van der Waals surface area contributed by atoms with Crippen LogP contribution >= 0.6 is 0 Å². The lowest BCUT2D eigenvalue weighted by Crippen LogP contribution is -2.44. The Labute approximate surface area is 111 Å². The number of aromatic amines is 1. The second kappa shape index (κ2) is 4.93. The molecule has 0 atom stereocenters. The molecule has 1 aliphatic rings. The van der Waals surface area contributed by atoms with Crippen LogP contribution in [0.3, 0.4) is 0 Å². The van der Waals surface area contributed by atoms with Crippen molar-refractivity contribution in [2.75, 3.05) is 18.8 Å². The number of rotatable bonds is 2. The minimum atomic E-state index is -0.0575. The molecule has 5 heteroatoms. The molecule has 0 spiro atoms. The summed E-state index contributed by atoms with van der Waals surface area (Å²) in [6.45, 7) is 1.86. The minimum Gasteiger partial charge on any atom is -0.399 e. The molecular weight excluding hydrogens is 240 g/mol. The molecule has 1 aliphatic heterocycles. The number of aromatic nitrogens is 1. The summed E-state index contributed by atoms with van der Waals surface area (Å²) in [5.74, 6) is -0.0575. The van der Waals surface area contributed by atoms with Gasteiger partial charge < -0.3 is 10.7 Å². The van der Waals surface area contributed by atoms with Crippen LogP contribution in [0.15, 0.2) is 24.4 Å². The number of amides is 1. The van der Waals surface area contributed by atoms with Crippen LogP contribution in [0.25, 0.3) is 10.9 Å². The maximum Gasteiger partial charge on any atom is 0.267 e. The summed E-state index contributed by atoms with van der Waals surface area (Å²) in [4.78, 5) is 15.4. The molecule has 0 radical (unpaired) electrons. The van der Waals surface area contributed by atoms with Gasteiger partial charge in [-0.25, -0.2) is 5.01 Å². The van der Waals surface area contributed by atoms with E-state index >= 15 is 0 Å². The highest BCUT2D eigenvalue weighted by Crippen LogP contribution is 2.20. The number of H-pyrrole nitrogens is 1. The van der Waals surface area contributed by atoms with Crippen molar-refractivity contribution in [2.45, 2.75) is 19.3 Å². The van der Waals surface area contributed by atoms with Gasteiger partial charge in [0.05, 0.1) is 5.56 Å². The number of hydrazine groups is 1. The molecule has 4 N–H and O–H groups in total. The van der Waals surface area contributed by atoms with Crippen molar-refractivity contribution in [1.82, 2.24) is 15.4 Å². The van der Waals surface area contributed by atoms with E-state index < -0.39 is 0 Å². The van der Waals surface area contributed by atoms with E-state index in [0.29, 0.717) is 11.3 Å². The summed E-state index contributed by atoms with van der Waals surface area (Å²) in [7, 11) is 0. The Bertz CT molecular complexity index is 599.